The van der Waals surface area contributed by atoms with Crippen LogP contribution in [0.5, 0.6) is 0 Å². The summed E-state index contributed by atoms with van der Waals surface area (Å²) in [5, 5.41) is 8.87. The summed E-state index contributed by atoms with van der Waals surface area (Å²) < 4.78 is 0.806. The summed E-state index contributed by atoms with van der Waals surface area (Å²) in [6.07, 6.45) is 1.06. The minimum atomic E-state index is -1.02. The summed E-state index contributed by atoms with van der Waals surface area (Å²) in [6, 6.07) is 5.44. The summed E-state index contributed by atoms with van der Waals surface area (Å²) in [7, 11) is 0. The zero-order valence-electron chi connectivity index (χ0n) is 7.87. The predicted octanol–water partition coefficient (Wildman–Crippen LogP) is 2.28. The zero-order valence-corrected chi connectivity index (χ0v) is 9.45. The molecule has 2 rings (SSSR count). The number of carbonyl (C=O) groups is 2. The Hall–Kier alpha value is -1.16. The molecule has 1 atom stereocenters. The van der Waals surface area contributed by atoms with E-state index in [1.54, 1.807) is 6.07 Å². The molecule has 0 fully saturated rings. The van der Waals surface area contributed by atoms with E-state index in [2.05, 4.69) is 15.9 Å². The van der Waals surface area contributed by atoms with Crippen LogP contribution in [0.1, 0.15) is 22.3 Å². The smallest absolute Gasteiger partial charge is 0.314 e. The van der Waals surface area contributed by atoms with E-state index in [-0.39, 0.29) is 5.78 Å². The van der Waals surface area contributed by atoms with Gasteiger partial charge in [-0.1, -0.05) is 22.0 Å². The largest absolute Gasteiger partial charge is 0.481 e. The second-order valence-corrected chi connectivity index (χ2v) is 4.51. The molecule has 1 unspecified atom stereocenters. The standard InChI is InChI=1S/C11H9BrO3/c12-7-3-1-6-2-4-8(11(14)15)10(13)9(6)5-7/h1,3,5,8H,2,4H2,(H,14,15). The molecule has 0 bridgehead atoms. The topological polar surface area (TPSA) is 54.4 Å². The SMILES string of the molecule is O=C(O)C1CCc2ccc(Br)cc2C1=O. The molecular formula is C11H9BrO3. The van der Waals surface area contributed by atoms with Gasteiger partial charge in [0.05, 0.1) is 0 Å². The molecule has 0 saturated carbocycles. The van der Waals surface area contributed by atoms with Crippen molar-refractivity contribution < 1.29 is 14.7 Å². The number of benzene rings is 1. The number of aliphatic carboxylic acids is 1. The third-order valence-electron chi connectivity index (χ3n) is 2.65. The number of hydrogen-bond donors (Lipinski definition) is 1. The first-order chi connectivity index (χ1) is 7.09. The van der Waals surface area contributed by atoms with Gasteiger partial charge in [0.2, 0.25) is 0 Å². The number of rotatable bonds is 1. The van der Waals surface area contributed by atoms with Gasteiger partial charge in [-0.15, -0.1) is 0 Å². The minimum absolute atomic E-state index is 0.273. The highest BCUT2D eigenvalue weighted by Crippen LogP contribution is 2.28. The summed E-state index contributed by atoms with van der Waals surface area (Å²) in [5.74, 6) is -2.16. The second kappa shape index (κ2) is 3.77. The maximum atomic E-state index is 11.8. The zero-order chi connectivity index (χ0) is 11.0. The van der Waals surface area contributed by atoms with Crippen LogP contribution in [0.15, 0.2) is 22.7 Å². The first-order valence-corrected chi connectivity index (χ1v) is 5.44. The van der Waals surface area contributed by atoms with Crippen molar-refractivity contribution in [2.24, 2.45) is 5.92 Å². The van der Waals surface area contributed by atoms with Crippen molar-refractivity contribution in [1.82, 2.24) is 0 Å². The van der Waals surface area contributed by atoms with Crippen molar-refractivity contribution in [2.75, 3.05) is 0 Å². The molecule has 15 heavy (non-hydrogen) atoms. The molecule has 3 nitrogen and oxygen atoms in total. The minimum Gasteiger partial charge on any atom is -0.481 e. The molecule has 78 valence electrons. The lowest BCUT2D eigenvalue weighted by molar-refractivity contribution is -0.140. The molecule has 0 amide bonds. The molecule has 1 aromatic carbocycles. The Balaban J connectivity index is 2.45. The van der Waals surface area contributed by atoms with Gasteiger partial charge in [-0.2, -0.15) is 0 Å². The molecule has 1 aromatic rings. The van der Waals surface area contributed by atoms with Crippen molar-refractivity contribution in [2.45, 2.75) is 12.8 Å². The predicted molar refractivity (Wildman–Crippen MR) is 57.9 cm³/mol. The summed E-state index contributed by atoms with van der Waals surface area (Å²) in [5.41, 5.74) is 1.49. The fraction of sp³-hybridized carbons (Fsp3) is 0.273. The highest BCUT2D eigenvalue weighted by atomic mass is 79.9. The second-order valence-electron chi connectivity index (χ2n) is 3.60. The number of aryl methyl sites for hydroxylation is 1. The van der Waals surface area contributed by atoms with E-state index in [9.17, 15) is 9.59 Å². The van der Waals surface area contributed by atoms with Crippen molar-refractivity contribution in [1.29, 1.82) is 0 Å². The highest BCUT2D eigenvalue weighted by Gasteiger charge is 2.32. The Labute approximate surface area is 95.2 Å². The number of fused-ring (bicyclic) bond motifs is 1. The number of halogens is 1. The lowest BCUT2D eigenvalue weighted by Crippen LogP contribution is -2.29. The molecule has 1 aliphatic carbocycles. The number of carbonyl (C=O) groups excluding carboxylic acids is 1. The third kappa shape index (κ3) is 1.81. The van der Waals surface area contributed by atoms with E-state index in [1.165, 1.54) is 0 Å². The summed E-state index contributed by atoms with van der Waals surface area (Å²) in [4.78, 5) is 22.6. The van der Waals surface area contributed by atoms with Crippen LogP contribution in [0.4, 0.5) is 0 Å². The molecule has 0 aromatic heterocycles. The molecule has 0 spiro atoms. The van der Waals surface area contributed by atoms with Gasteiger partial charge in [-0.3, -0.25) is 9.59 Å². The lowest BCUT2D eigenvalue weighted by Gasteiger charge is -2.20. The lowest BCUT2D eigenvalue weighted by atomic mass is 9.83. The van der Waals surface area contributed by atoms with E-state index >= 15 is 0 Å². The Morgan fingerprint density at radius 2 is 2.20 bits per heavy atom. The summed E-state index contributed by atoms with van der Waals surface area (Å²) >= 11 is 3.28. The number of hydrogen-bond acceptors (Lipinski definition) is 2. The van der Waals surface area contributed by atoms with Crippen molar-refractivity contribution in [3.8, 4) is 0 Å². The number of carboxylic acid groups (broad SMARTS) is 1. The maximum Gasteiger partial charge on any atom is 0.314 e. The molecule has 0 radical (unpaired) electrons. The van der Waals surface area contributed by atoms with E-state index in [1.807, 2.05) is 12.1 Å². The van der Waals surface area contributed by atoms with Crippen LogP contribution in [-0.4, -0.2) is 16.9 Å². The third-order valence-corrected chi connectivity index (χ3v) is 3.15. The van der Waals surface area contributed by atoms with Gasteiger partial charge in [-0.25, -0.2) is 0 Å². The van der Waals surface area contributed by atoms with Crippen LogP contribution in [0, 0.1) is 5.92 Å². The molecule has 0 heterocycles. The van der Waals surface area contributed by atoms with Gasteiger partial charge in [0, 0.05) is 10.0 Å². The van der Waals surface area contributed by atoms with Crippen LogP contribution < -0.4 is 0 Å². The van der Waals surface area contributed by atoms with Gasteiger partial charge in [0.15, 0.2) is 5.78 Å². The van der Waals surface area contributed by atoms with Crippen LogP contribution in [0.25, 0.3) is 0 Å². The number of Topliss-reactive ketones (excluding diaryl/α,β-unsaturated/α-hetero) is 1. The Morgan fingerprint density at radius 3 is 2.87 bits per heavy atom. The summed E-state index contributed by atoms with van der Waals surface area (Å²) in [6.45, 7) is 0. The molecule has 1 N–H and O–H groups in total. The average molecular weight is 269 g/mol. The van der Waals surface area contributed by atoms with E-state index in [0.717, 1.165) is 10.0 Å². The van der Waals surface area contributed by atoms with Crippen LogP contribution in [0.2, 0.25) is 0 Å². The Kier molecular flexibility index (Phi) is 2.61. The van der Waals surface area contributed by atoms with Gasteiger partial charge in [0.25, 0.3) is 0 Å². The van der Waals surface area contributed by atoms with E-state index < -0.39 is 11.9 Å². The van der Waals surface area contributed by atoms with Gasteiger partial charge in [-0.05, 0) is 30.5 Å². The van der Waals surface area contributed by atoms with Crippen molar-refractivity contribution in [3.05, 3.63) is 33.8 Å². The molecule has 4 heteroatoms. The highest BCUT2D eigenvalue weighted by molar-refractivity contribution is 9.10. The normalized spacial score (nSPS) is 19.8. The monoisotopic (exact) mass is 268 g/mol. The first-order valence-electron chi connectivity index (χ1n) is 4.65. The van der Waals surface area contributed by atoms with Gasteiger partial charge >= 0.3 is 5.97 Å². The molecule has 0 saturated heterocycles. The van der Waals surface area contributed by atoms with Crippen molar-refractivity contribution in [3.63, 3.8) is 0 Å². The Morgan fingerprint density at radius 1 is 1.47 bits per heavy atom. The van der Waals surface area contributed by atoms with E-state index in [0.29, 0.717) is 18.4 Å². The van der Waals surface area contributed by atoms with Crippen LogP contribution >= 0.6 is 15.9 Å². The van der Waals surface area contributed by atoms with Gasteiger partial charge < -0.3 is 5.11 Å². The van der Waals surface area contributed by atoms with Gasteiger partial charge in [0.1, 0.15) is 5.92 Å². The fourth-order valence-corrected chi connectivity index (χ4v) is 2.21. The molecule has 0 aliphatic heterocycles. The van der Waals surface area contributed by atoms with Crippen LogP contribution in [0.3, 0.4) is 0 Å². The number of ketones is 1. The average Bonchev–Trinajstić information content (AvgIpc) is 2.19. The fourth-order valence-electron chi connectivity index (χ4n) is 1.85. The maximum absolute atomic E-state index is 11.8. The quantitative estimate of drug-likeness (QED) is 0.796. The Bertz CT molecular complexity index is 439. The molecular weight excluding hydrogens is 260 g/mol. The van der Waals surface area contributed by atoms with Crippen molar-refractivity contribution >= 4 is 27.7 Å². The van der Waals surface area contributed by atoms with E-state index in [4.69, 9.17) is 5.11 Å². The number of carboxylic acids is 1. The molecule has 1 aliphatic rings. The first kappa shape index (κ1) is 10.4. The van der Waals surface area contributed by atoms with Crippen LogP contribution in [-0.2, 0) is 11.2 Å².